The Balaban J connectivity index is 1.71. The van der Waals surface area contributed by atoms with Gasteiger partial charge in [0.2, 0.25) is 5.91 Å². The second kappa shape index (κ2) is 6.52. The molecule has 0 radical (unpaired) electrons. The Morgan fingerprint density at radius 2 is 2.08 bits per heavy atom. The minimum atomic E-state index is -1.01. The van der Waals surface area contributed by atoms with Crippen LogP contribution in [0.4, 0.5) is 14.5 Å². The standard InChI is InChI=1S/C17H17F2N3O2/c1-10(16(23)21-12-2-3-14(18)15(19)8-12)22-7-5-11-4-6-20-17(24)13(11)9-22/h2-4,6,8,10H,5,7,9H2,1H3,(H,20,24)(H,21,23)/t10-/m0/s1. The molecule has 1 aliphatic heterocycles. The van der Waals surface area contributed by atoms with Gasteiger partial charge in [0.25, 0.3) is 5.56 Å². The third-order valence-electron chi connectivity index (χ3n) is 4.30. The summed E-state index contributed by atoms with van der Waals surface area (Å²) < 4.78 is 26.2. The maximum absolute atomic E-state index is 13.2. The van der Waals surface area contributed by atoms with Crippen molar-refractivity contribution in [2.45, 2.75) is 25.9 Å². The molecule has 3 rings (SSSR count). The van der Waals surface area contributed by atoms with E-state index in [1.165, 1.54) is 6.07 Å². The second-order valence-corrected chi connectivity index (χ2v) is 5.83. The Bertz CT molecular complexity index is 835. The fraction of sp³-hybridized carbons (Fsp3) is 0.294. The van der Waals surface area contributed by atoms with Gasteiger partial charge in [0.1, 0.15) is 0 Å². The second-order valence-electron chi connectivity index (χ2n) is 5.83. The third-order valence-corrected chi connectivity index (χ3v) is 4.30. The van der Waals surface area contributed by atoms with Crippen LogP contribution in [-0.2, 0) is 17.8 Å². The zero-order valence-electron chi connectivity index (χ0n) is 13.1. The van der Waals surface area contributed by atoms with Gasteiger partial charge in [-0.1, -0.05) is 0 Å². The molecule has 0 bridgehead atoms. The third kappa shape index (κ3) is 3.21. The number of nitrogens with zero attached hydrogens (tertiary/aromatic N) is 1. The molecule has 0 spiro atoms. The number of aromatic nitrogens is 1. The molecule has 1 aromatic heterocycles. The van der Waals surface area contributed by atoms with Gasteiger partial charge in [-0.3, -0.25) is 14.5 Å². The quantitative estimate of drug-likeness (QED) is 0.903. The number of pyridine rings is 1. The first kappa shape index (κ1) is 16.3. The van der Waals surface area contributed by atoms with Crippen molar-refractivity contribution >= 4 is 11.6 Å². The molecule has 0 aliphatic carbocycles. The van der Waals surface area contributed by atoms with Crippen LogP contribution in [0.2, 0.25) is 0 Å². The van der Waals surface area contributed by atoms with E-state index in [9.17, 15) is 18.4 Å². The van der Waals surface area contributed by atoms with Crippen LogP contribution in [0, 0.1) is 11.6 Å². The van der Waals surface area contributed by atoms with E-state index in [0.29, 0.717) is 25.1 Å². The van der Waals surface area contributed by atoms with Crippen LogP contribution < -0.4 is 10.9 Å². The molecular weight excluding hydrogens is 316 g/mol. The van der Waals surface area contributed by atoms with Gasteiger partial charge in [-0.15, -0.1) is 0 Å². The van der Waals surface area contributed by atoms with E-state index in [2.05, 4.69) is 10.3 Å². The molecule has 0 saturated heterocycles. The molecule has 0 unspecified atom stereocenters. The van der Waals surface area contributed by atoms with Crippen molar-refractivity contribution in [3.8, 4) is 0 Å². The van der Waals surface area contributed by atoms with Crippen molar-refractivity contribution in [1.82, 2.24) is 9.88 Å². The molecule has 0 saturated carbocycles. The monoisotopic (exact) mass is 333 g/mol. The van der Waals surface area contributed by atoms with Gasteiger partial charge in [0.05, 0.1) is 6.04 Å². The summed E-state index contributed by atoms with van der Waals surface area (Å²) >= 11 is 0. The molecule has 7 heteroatoms. The number of hydrogen-bond acceptors (Lipinski definition) is 3. The molecule has 1 amide bonds. The molecular formula is C17H17F2N3O2. The van der Waals surface area contributed by atoms with Crippen molar-refractivity contribution < 1.29 is 13.6 Å². The summed E-state index contributed by atoms with van der Waals surface area (Å²) in [4.78, 5) is 28.8. The van der Waals surface area contributed by atoms with E-state index in [0.717, 1.165) is 17.7 Å². The van der Waals surface area contributed by atoms with E-state index < -0.39 is 17.7 Å². The minimum Gasteiger partial charge on any atom is -0.329 e. The predicted molar refractivity (Wildman–Crippen MR) is 85.6 cm³/mol. The van der Waals surface area contributed by atoms with E-state index in [-0.39, 0.29) is 17.2 Å². The smallest absolute Gasteiger partial charge is 0.252 e. The van der Waals surface area contributed by atoms with Gasteiger partial charge in [-0.25, -0.2) is 8.78 Å². The Kier molecular flexibility index (Phi) is 4.44. The first-order valence-corrected chi connectivity index (χ1v) is 7.65. The maximum atomic E-state index is 13.2. The predicted octanol–water partition coefficient (Wildman–Crippen LogP) is 2.04. The molecule has 1 aromatic carbocycles. The molecule has 2 heterocycles. The van der Waals surface area contributed by atoms with Crippen LogP contribution in [0.1, 0.15) is 18.1 Å². The SMILES string of the molecule is C[C@@H](C(=O)Nc1ccc(F)c(F)c1)N1CCc2cc[nH]c(=O)c2C1. The molecule has 2 N–H and O–H groups in total. The van der Waals surface area contributed by atoms with Crippen LogP contribution in [0.3, 0.4) is 0 Å². The number of halogens is 2. The van der Waals surface area contributed by atoms with Gasteiger partial charge in [-0.05, 0) is 37.1 Å². The Morgan fingerprint density at radius 1 is 1.29 bits per heavy atom. The summed E-state index contributed by atoms with van der Waals surface area (Å²) in [5.74, 6) is -2.32. The van der Waals surface area contributed by atoms with Crippen LogP contribution in [-0.4, -0.2) is 28.4 Å². The molecule has 2 aromatic rings. The van der Waals surface area contributed by atoms with E-state index in [1.54, 1.807) is 13.1 Å². The number of H-pyrrole nitrogens is 1. The Morgan fingerprint density at radius 3 is 2.83 bits per heavy atom. The lowest BCUT2D eigenvalue weighted by atomic mass is 10.0. The number of hydrogen-bond donors (Lipinski definition) is 2. The highest BCUT2D eigenvalue weighted by atomic mass is 19.2. The Labute approximate surface area is 137 Å². The first-order valence-electron chi connectivity index (χ1n) is 7.65. The number of nitrogens with one attached hydrogen (secondary N) is 2. The van der Waals surface area contributed by atoms with Crippen molar-refractivity contribution in [2.24, 2.45) is 0 Å². The normalized spacial score (nSPS) is 15.6. The molecule has 1 atom stereocenters. The first-order chi connectivity index (χ1) is 11.5. The lowest BCUT2D eigenvalue weighted by Crippen LogP contribution is -2.45. The van der Waals surface area contributed by atoms with Crippen LogP contribution in [0.5, 0.6) is 0 Å². The zero-order valence-corrected chi connectivity index (χ0v) is 13.1. The van der Waals surface area contributed by atoms with Crippen molar-refractivity contribution in [3.63, 3.8) is 0 Å². The number of anilines is 1. The highest BCUT2D eigenvalue weighted by Crippen LogP contribution is 2.19. The lowest BCUT2D eigenvalue weighted by molar-refractivity contribution is -0.121. The summed E-state index contributed by atoms with van der Waals surface area (Å²) in [6.45, 7) is 2.73. The van der Waals surface area contributed by atoms with Crippen molar-refractivity contribution in [3.05, 3.63) is 63.6 Å². The number of fused-ring (bicyclic) bond motifs is 1. The van der Waals surface area contributed by atoms with Crippen LogP contribution >= 0.6 is 0 Å². The summed E-state index contributed by atoms with van der Waals surface area (Å²) in [5, 5.41) is 2.57. The number of benzene rings is 1. The fourth-order valence-electron chi connectivity index (χ4n) is 2.82. The van der Waals surface area contributed by atoms with Crippen LogP contribution in [0.25, 0.3) is 0 Å². The summed E-state index contributed by atoms with van der Waals surface area (Å²) in [6, 6.07) is 4.58. The number of carbonyl (C=O) groups is 1. The minimum absolute atomic E-state index is 0.148. The molecule has 126 valence electrons. The van der Waals surface area contributed by atoms with Gasteiger partial charge in [0, 0.05) is 36.6 Å². The molecule has 5 nitrogen and oxygen atoms in total. The topological polar surface area (TPSA) is 65.2 Å². The fourth-order valence-corrected chi connectivity index (χ4v) is 2.82. The molecule has 0 fully saturated rings. The highest BCUT2D eigenvalue weighted by Gasteiger charge is 2.26. The number of amides is 1. The number of rotatable bonds is 3. The van der Waals surface area contributed by atoms with Gasteiger partial charge in [-0.2, -0.15) is 0 Å². The largest absolute Gasteiger partial charge is 0.329 e. The zero-order chi connectivity index (χ0) is 17.3. The summed E-state index contributed by atoms with van der Waals surface area (Å²) in [6.07, 6.45) is 2.30. The van der Waals surface area contributed by atoms with E-state index in [1.807, 2.05) is 11.0 Å². The van der Waals surface area contributed by atoms with E-state index >= 15 is 0 Å². The molecule has 1 aliphatic rings. The van der Waals surface area contributed by atoms with Gasteiger partial charge in [0.15, 0.2) is 11.6 Å². The van der Waals surface area contributed by atoms with Crippen molar-refractivity contribution in [1.29, 1.82) is 0 Å². The maximum Gasteiger partial charge on any atom is 0.252 e. The lowest BCUT2D eigenvalue weighted by Gasteiger charge is -2.32. The highest BCUT2D eigenvalue weighted by molar-refractivity contribution is 5.94. The van der Waals surface area contributed by atoms with Gasteiger partial charge >= 0.3 is 0 Å². The summed E-state index contributed by atoms with van der Waals surface area (Å²) in [5.41, 5.74) is 1.70. The average Bonchev–Trinajstić information content (AvgIpc) is 2.57. The number of aromatic amines is 1. The van der Waals surface area contributed by atoms with E-state index in [4.69, 9.17) is 0 Å². The molecule has 24 heavy (non-hydrogen) atoms. The van der Waals surface area contributed by atoms with Crippen molar-refractivity contribution in [2.75, 3.05) is 11.9 Å². The Hall–Kier alpha value is -2.54. The number of carbonyl (C=O) groups excluding carboxylic acids is 1. The average molecular weight is 333 g/mol. The van der Waals surface area contributed by atoms with Crippen LogP contribution in [0.15, 0.2) is 35.3 Å². The van der Waals surface area contributed by atoms with Gasteiger partial charge < -0.3 is 10.3 Å². The summed E-state index contributed by atoms with van der Waals surface area (Å²) in [7, 11) is 0.